The highest BCUT2D eigenvalue weighted by Crippen LogP contribution is 2.18. The van der Waals surface area contributed by atoms with Crippen LogP contribution < -0.4 is 16.0 Å². The third kappa shape index (κ3) is 2.57. The molecule has 5 nitrogen and oxygen atoms in total. The molecule has 0 aliphatic heterocycles. The van der Waals surface area contributed by atoms with E-state index in [1.54, 1.807) is 7.11 Å². The first kappa shape index (κ1) is 12.3. The van der Waals surface area contributed by atoms with Gasteiger partial charge in [-0.3, -0.25) is 9.36 Å². The zero-order chi connectivity index (χ0) is 13.0. The van der Waals surface area contributed by atoms with E-state index in [0.717, 1.165) is 11.3 Å². The Kier molecular flexibility index (Phi) is 3.74. The molecule has 1 aromatic heterocycles. The van der Waals surface area contributed by atoms with Gasteiger partial charge in [0, 0.05) is 24.7 Å². The van der Waals surface area contributed by atoms with Gasteiger partial charge >= 0.3 is 0 Å². The van der Waals surface area contributed by atoms with Crippen molar-refractivity contribution in [3.8, 4) is 17.0 Å². The van der Waals surface area contributed by atoms with Gasteiger partial charge in [-0.15, -0.1) is 0 Å². The molecule has 0 aliphatic carbocycles. The Hall–Kier alpha value is -2.14. The Morgan fingerprint density at radius 3 is 2.61 bits per heavy atom. The number of benzene rings is 1. The smallest absolute Gasteiger partial charge is 0.253 e. The van der Waals surface area contributed by atoms with E-state index in [1.807, 2.05) is 24.3 Å². The predicted octanol–water partition coefficient (Wildman–Crippen LogP) is 0.878. The third-order valence-corrected chi connectivity index (χ3v) is 2.64. The van der Waals surface area contributed by atoms with Gasteiger partial charge in [-0.05, 0) is 24.3 Å². The minimum Gasteiger partial charge on any atom is -0.497 e. The molecule has 0 spiro atoms. The minimum atomic E-state index is -0.0960. The zero-order valence-electron chi connectivity index (χ0n) is 10.2. The van der Waals surface area contributed by atoms with Gasteiger partial charge in [-0.25, -0.2) is 4.98 Å². The van der Waals surface area contributed by atoms with Crippen LogP contribution in [-0.2, 0) is 6.54 Å². The molecule has 18 heavy (non-hydrogen) atoms. The fraction of sp³-hybridized carbons (Fsp3) is 0.231. The van der Waals surface area contributed by atoms with Crippen molar-refractivity contribution in [3.63, 3.8) is 0 Å². The molecular weight excluding hydrogens is 230 g/mol. The van der Waals surface area contributed by atoms with Crippen LogP contribution in [0.1, 0.15) is 0 Å². The van der Waals surface area contributed by atoms with Gasteiger partial charge in [0.15, 0.2) is 0 Å². The summed E-state index contributed by atoms with van der Waals surface area (Å²) < 4.78 is 6.57. The topological polar surface area (TPSA) is 70.1 Å². The van der Waals surface area contributed by atoms with Crippen molar-refractivity contribution >= 4 is 0 Å². The Labute approximate surface area is 105 Å². The normalized spacial score (nSPS) is 10.3. The maximum atomic E-state index is 11.8. The number of ether oxygens (including phenoxy) is 1. The monoisotopic (exact) mass is 245 g/mol. The van der Waals surface area contributed by atoms with E-state index in [-0.39, 0.29) is 5.56 Å². The molecule has 0 radical (unpaired) electrons. The van der Waals surface area contributed by atoms with E-state index in [9.17, 15) is 4.79 Å². The van der Waals surface area contributed by atoms with E-state index in [1.165, 1.54) is 17.0 Å². The minimum absolute atomic E-state index is 0.0960. The summed E-state index contributed by atoms with van der Waals surface area (Å²) >= 11 is 0. The van der Waals surface area contributed by atoms with E-state index < -0.39 is 0 Å². The summed E-state index contributed by atoms with van der Waals surface area (Å²) in [4.78, 5) is 16.0. The quantitative estimate of drug-likeness (QED) is 0.868. The second-order valence-corrected chi connectivity index (χ2v) is 3.82. The first-order chi connectivity index (χ1) is 8.74. The van der Waals surface area contributed by atoms with E-state index >= 15 is 0 Å². The number of rotatable bonds is 4. The molecule has 0 bridgehead atoms. The third-order valence-electron chi connectivity index (χ3n) is 2.64. The molecule has 0 atom stereocenters. The summed E-state index contributed by atoms with van der Waals surface area (Å²) in [5.41, 5.74) is 6.84. The molecule has 94 valence electrons. The Bertz CT molecular complexity index is 576. The van der Waals surface area contributed by atoms with Crippen LogP contribution in [0, 0.1) is 0 Å². The van der Waals surface area contributed by atoms with Crippen molar-refractivity contribution in [2.75, 3.05) is 13.7 Å². The van der Waals surface area contributed by atoms with E-state index in [4.69, 9.17) is 10.5 Å². The number of nitrogens with zero attached hydrogens (tertiary/aromatic N) is 2. The zero-order valence-corrected chi connectivity index (χ0v) is 10.2. The van der Waals surface area contributed by atoms with Crippen LogP contribution in [0.15, 0.2) is 41.5 Å². The van der Waals surface area contributed by atoms with Crippen LogP contribution in [0.2, 0.25) is 0 Å². The average Bonchev–Trinajstić information content (AvgIpc) is 2.41. The lowest BCUT2D eigenvalue weighted by Crippen LogP contribution is -2.23. The van der Waals surface area contributed by atoms with Crippen LogP contribution in [0.5, 0.6) is 5.75 Å². The van der Waals surface area contributed by atoms with Gasteiger partial charge in [-0.1, -0.05) is 0 Å². The second-order valence-electron chi connectivity index (χ2n) is 3.82. The Morgan fingerprint density at radius 1 is 1.33 bits per heavy atom. The molecule has 0 aliphatic rings. The molecule has 2 aromatic rings. The van der Waals surface area contributed by atoms with Gasteiger partial charge < -0.3 is 10.5 Å². The van der Waals surface area contributed by atoms with Gasteiger partial charge in [0.25, 0.3) is 5.56 Å². The lowest BCUT2D eigenvalue weighted by Gasteiger charge is -2.05. The summed E-state index contributed by atoms with van der Waals surface area (Å²) in [7, 11) is 1.61. The maximum Gasteiger partial charge on any atom is 0.253 e. The van der Waals surface area contributed by atoms with Crippen LogP contribution in [0.4, 0.5) is 0 Å². The molecule has 0 unspecified atom stereocenters. The van der Waals surface area contributed by atoms with Crippen LogP contribution in [0.3, 0.4) is 0 Å². The number of hydrogen-bond acceptors (Lipinski definition) is 4. The standard InChI is InChI=1S/C13H15N3O2/c1-18-11-4-2-10(3-5-11)12-8-13(17)16(7-6-14)9-15-12/h2-5,8-9H,6-7,14H2,1H3. The molecule has 0 fully saturated rings. The summed E-state index contributed by atoms with van der Waals surface area (Å²) in [6.07, 6.45) is 1.52. The molecule has 5 heteroatoms. The number of methoxy groups -OCH3 is 1. The van der Waals surface area contributed by atoms with Gasteiger partial charge in [-0.2, -0.15) is 0 Å². The van der Waals surface area contributed by atoms with Crippen LogP contribution in [0.25, 0.3) is 11.3 Å². The van der Waals surface area contributed by atoms with Crippen LogP contribution >= 0.6 is 0 Å². The van der Waals surface area contributed by atoms with Crippen molar-refractivity contribution in [2.45, 2.75) is 6.54 Å². The van der Waals surface area contributed by atoms with Crippen molar-refractivity contribution in [1.29, 1.82) is 0 Å². The molecule has 1 heterocycles. The Morgan fingerprint density at radius 2 is 2.06 bits per heavy atom. The maximum absolute atomic E-state index is 11.8. The lowest BCUT2D eigenvalue weighted by molar-refractivity contribution is 0.415. The lowest BCUT2D eigenvalue weighted by atomic mass is 10.1. The highest BCUT2D eigenvalue weighted by atomic mass is 16.5. The summed E-state index contributed by atoms with van der Waals surface area (Å²) in [5.74, 6) is 0.773. The van der Waals surface area contributed by atoms with Gasteiger partial charge in [0.2, 0.25) is 0 Å². The van der Waals surface area contributed by atoms with E-state index in [0.29, 0.717) is 18.8 Å². The summed E-state index contributed by atoms with van der Waals surface area (Å²) in [5, 5.41) is 0. The molecule has 0 saturated carbocycles. The van der Waals surface area contributed by atoms with Gasteiger partial charge in [0.05, 0.1) is 19.1 Å². The number of aromatic nitrogens is 2. The average molecular weight is 245 g/mol. The fourth-order valence-corrected chi connectivity index (χ4v) is 1.65. The molecule has 0 saturated heterocycles. The van der Waals surface area contributed by atoms with Crippen LogP contribution in [-0.4, -0.2) is 23.2 Å². The van der Waals surface area contributed by atoms with Gasteiger partial charge in [0.1, 0.15) is 5.75 Å². The van der Waals surface area contributed by atoms with Crippen molar-refractivity contribution in [2.24, 2.45) is 5.73 Å². The summed E-state index contributed by atoms with van der Waals surface area (Å²) in [6, 6.07) is 8.92. The molecule has 2 N–H and O–H groups in total. The van der Waals surface area contributed by atoms with Crippen molar-refractivity contribution in [1.82, 2.24) is 9.55 Å². The molecule has 0 amide bonds. The molecule has 2 rings (SSSR count). The number of nitrogens with two attached hydrogens (primary N) is 1. The predicted molar refractivity (Wildman–Crippen MR) is 69.5 cm³/mol. The first-order valence-electron chi connectivity index (χ1n) is 5.65. The largest absolute Gasteiger partial charge is 0.497 e. The van der Waals surface area contributed by atoms with Crippen molar-refractivity contribution < 1.29 is 4.74 Å². The van der Waals surface area contributed by atoms with E-state index in [2.05, 4.69) is 4.98 Å². The number of hydrogen-bond donors (Lipinski definition) is 1. The summed E-state index contributed by atoms with van der Waals surface area (Å²) in [6.45, 7) is 0.901. The fourth-order valence-electron chi connectivity index (χ4n) is 1.65. The Balaban J connectivity index is 2.33. The highest BCUT2D eigenvalue weighted by molar-refractivity contribution is 5.59. The SMILES string of the molecule is COc1ccc(-c2cc(=O)n(CCN)cn2)cc1. The first-order valence-corrected chi connectivity index (χ1v) is 5.65. The second kappa shape index (κ2) is 5.46. The highest BCUT2D eigenvalue weighted by Gasteiger charge is 2.02. The molecular formula is C13H15N3O2. The molecule has 1 aromatic carbocycles. The van der Waals surface area contributed by atoms with Crippen molar-refractivity contribution in [3.05, 3.63) is 47.0 Å².